The predicted octanol–water partition coefficient (Wildman–Crippen LogP) is 11.3. The lowest BCUT2D eigenvalue weighted by atomic mass is 9.81. The van der Waals surface area contributed by atoms with Crippen LogP contribution in [0.1, 0.15) is 108 Å². The monoisotopic (exact) mass is 806 g/mol. The molecule has 0 amide bonds. The smallest absolute Gasteiger partial charge is 0.270 e. The number of hydrogen-bond donors (Lipinski definition) is 2. The SMILES string of the molecule is CC(C)(C)c1cc2c(OCc3ccccc3)c(c1)Cc1cc([N+](=O)[O-])cc(c1O)Cc1cc(C(C)(C)C)cc(c1OCc1ccccc1)Cc1cc([N+](=O)[O-])cc(c1O)C2. The van der Waals surface area contributed by atoms with Gasteiger partial charge in [-0.25, -0.2) is 0 Å². The maximum atomic E-state index is 12.6. The van der Waals surface area contributed by atoms with Crippen LogP contribution in [0.5, 0.6) is 23.0 Å². The number of rotatable bonds is 8. The lowest BCUT2D eigenvalue weighted by molar-refractivity contribution is -0.385. The molecule has 308 valence electrons. The van der Waals surface area contributed by atoms with Crippen LogP contribution in [0.4, 0.5) is 11.4 Å². The Morgan fingerprint density at radius 2 is 0.767 bits per heavy atom. The van der Waals surface area contributed by atoms with Gasteiger partial charge in [-0.3, -0.25) is 20.2 Å². The second kappa shape index (κ2) is 16.5. The van der Waals surface area contributed by atoms with E-state index in [1.54, 1.807) is 0 Å². The Morgan fingerprint density at radius 3 is 1.02 bits per heavy atom. The van der Waals surface area contributed by atoms with Crippen molar-refractivity contribution in [3.8, 4) is 23.0 Å². The molecule has 1 aliphatic rings. The number of benzene rings is 6. The summed E-state index contributed by atoms with van der Waals surface area (Å²) in [4.78, 5) is 24.3. The van der Waals surface area contributed by atoms with Crippen molar-refractivity contribution in [3.05, 3.63) is 196 Å². The molecule has 0 saturated heterocycles. The zero-order valence-electron chi connectivity index (χ0n) is 34.9. The molecule has 8 bridgehead atoms. The Morgan fingerprint density at radius 1 is 0.483 bits per heavy atom. The number of ether oxygens (including phenoxy) is 2. The van der Waals surface area contributed by atoms with E-state index in [4.69, 9.17) is 9.47 Å². The molecule has 10 heteroatoms. The summed E-state index contributed by atoms with van der Waals surface area (Å²) < 4.78 is 13.3. The second-order valence-corrected chi connectivity index (χ2v) is 17.7. The second-order valence-electron chi connectivity index (χ2n) is 17.7. The molecule has 0 atom stereocenters. The van der Waals surface area contributed by atoms with Gasteiger partial charge in [-0.15, -0.1) is 0 Å². The molecule has 0 heterocycles. The minimum atomic E-state index is -0.444. The van der Waals surface area contributed by atoms with Crippen LogP contribution >= 0.6 is 0 Å². The van der Waals surface area contributed by atoms with E-state index in [1.807, 2.05) is 84.9 Å². The van der Waals surface area contributed by atoms with E-state index in [-0.39, 0.29) is 72.6 Å². The highest BCUT2D eigenvalue weighted by Crippen LogP contribution is 2.43. The minimum Gasteiger partial charge on any atom is -0.507 e. The number of hydrogen-bond acceptors (Lipinski definition) is 8. The molecule has 0 aliphatic heterocycles. The third kappa shape index (κ3) is 9.13. The van der Waals surface area contributed by atoms with E-state index in [9.17, 15) is 30.4 Å². The first-order valence-electron chi connectivity index (χ1n) is 20.1. The molecule has 0 radical (unpaired) electrons. The Labute approximate surface area is 350 Å². The van der Waals surface area contributed by atoms with Crippen molar-refractivity contribution in [3.63, 3.8) is 0 Å². The van der Waals surface area contributed by atoms with Gasteiger partial charge in [-0.05, 0) is 55.3 Å². The first-order chi connectivity index (χ1) is 28.4. The van der Waals surface area contributed by atoms with Crippen LogP contribution in [0.3, 0.4) is 0 Å². The molecule has 60 heavy (non-hydrogen) atoms. The van der Waals surface area contributed by atoms with Crippen molar-refractivity contribution in [2.24, 2.45) is 0 Å². The van der Waals surface area contributed by atoms with Gasteiger partial charge in [0, 0.05) is 72.2 Å². The molecule has 2 N–H and O–H groups in total. The van der Waals surface area contributed by atoms with Gasteiger partial charge in [0.15, 0.2) is 0 Å². The highest BCUT2D eigenvalue weighted by Gasteiger charge is 2.28. The Bertz CT molecular complexity index is 2310. The van der Waals surface area contributed by atoms with Gasteiger partial charge in [0.1, 0.15) is 36.2 Å². The predicted molar refractivity (Wildman–Crippen MR) is 233 cm³/mol. The maximum Gasteiger partial charge on any atom is 0.270 e. The molecule has 0 spiro atoms. The molecule has 6 aromatic rings. The van der Waals surface area contributed by atoms with Crippen LogP contribution in [-0.2, 0) is 49.7 Å². The zero-order valence-corrected chi connectivity index (χ0v) is 34.9. The molecule has 0 aromatic heterocycles. The lowest BCUT2D eigenvalue weighted by Crippen LogP contribution is -2.15. The van der Waals surface area contributed by atoms with Crippen LogP contribution < -0.4 is 9.47 Å². The highest BCUT2D eigenvalue weighted by molar-refractivity contribution is 5.61. The molecule has 0 fully saturated rings. The average Bonchev–Trinajstić information content (AvgIpc) is 3.19. The summed E-state index contributed by atoms with van der Waals surface area (Å²) in [5.41, 5.74) is 6.57. The molecule has 7 rings (SSSR count). The summed E-state index contributed by atoms with van der Waals surface area (Å²) in [5.74, 6) is 0.797. The van der Waals surface area contributed by atoms with Gasteiger partial charge in [-0.2, -0.15) is 0 Å². The van der Waals surface area contributed by atoms with Crippen LogP contribution in [0, 0.1) is 20.2 Å². The van der Waals surface area contributed by atoms with Crippen LogP contribution in [0.25, 0.3) is 0 Å². The van der Waals surface area contributed by atoms with Gasteiger partial charge in [0.25, 0.3) is 11.4 Å². The van der Waals surface area contributed by atoms with Crippen LogP contribution in [0.2, 0.25) is 0 Å². The number of phenolic OH excluding ortho intramolecular Hbond substituents is 2. The normalized spacial score (nSPS) is 12.8. The van der Waals surface area contributed by atoms with Gasteiger partial charge in [-0.1, -0.05) is 126 Å². The zero-order chi connectivity index (χ0) is 42.9. The molecule has 6 aromatic carbocycles. The number of fused-ring (bicyclic) bond motifs is 8. The molecular formula is C50H50N2O8. The first-order valence-corrected chi connectivity index (χ1v) is 20.1. The van der Waals surface area contributed by atoms with Crippen molar-refractivity contribution in [1.29, 1.82) is 0 Å². The summed E-state index contributed by atoms with van der Waals surface area (Å²) in [6.45, 7) is 12.8. The number of phenols is 2. The highest BCUT2D eigenvalue weighted by atomic mass is 16.6. The third-order valence-corrected chi connectivity index (χ3v) is 11.1. The lowest BCUT2D eigenvalue weighted by Gasteiger charge is -2.26. The van der Waals surface area contributed by atoms with E-state index in [1.165, 1.54) is 24.3 Å². The Kier molecular flexibility index (Phi) is 11.4. The Balaban J connectivity index is 1.53. The molecule has 0 unspecified atom stereocenters. The maximum absolute atomic E-state index is 12.6. The summed E-state index contributed by atoms with van der Waals surface area (Å²) >= 11 is 0. The standard InChI is InChI=1S/C50H50N2O8/c1-49(2,3)41-21-37-17-33-25-43(51(55)56)27-35(45(33)53)19-39-23-42(50(4,5)6)24-40(48(39)60-30-32-15-11-8-12-16-32)20-36-28-44(52(57)58)26-34(46(36)54)18-38(22-41)47(37)59-29-31-13-9-7-10-14-31/h7-16,21-28,53-54H,17-20,29-30H2,1-6H3. The number of nitrogens with zero attached hydrogens (tertiary/aromatic N) is 2. The fraction of sp³-hybridized carbons (Fsp3) is 0.280. The quantitative estimate of drug-likeness (QED) is 0.114. The number of nitro groups is 2. The van der Waals surface area contributed by atoms with Crippen molar-refractivity contribution in [1.82, 2.24) is 0 Å². The van der Waals surface area contributed by atoms with Gasteiger partial charge in [0.2, 0.25) is 0 Å². The summed E-state index contributed by atoms with van der Waals surface area (Å²) in [5, 5.41) is 49.6. The van der Waals surface area contributed by atoms with Gasteiger partial charge >= 0.3 is 0 Å². The molecular weight excluding hydrogens is 757 g/mol. The average molecular weight is 807 g/mol. The first kappa shape index (κ1) is 41.5. The van der Waals surface area contributed by atoms with E-state index >= 15 is 0 Å². The summed E-state index contributed by atoms with van der Waals surface area (Å²) in [7, 11) is 0. The van der Waals surface area contributed by atoms with Crippen LogP contribution in [-0.4, -0.2) is 20.1 Å². The van der Waals surface area contributed by atoms with Crippen molar-refractivity contribution < 1.29 is 29.5 Å². The number of aromatic hydroxyl groups is 2. The third-order valence-electron chi connectivity index (χ3n) is 11.1. The Hall–Kier alpha value is -6.68. The molecule has 1 aliphatic carbocycles. The van der Waals surface area contributed by atoms with Crippen LogP contribution in [0.15, 0.2) is 109 Å². The number of nitro benzene ring substituents is 2. The fourth-order valence-corrected chi connectivity index (χ4v) is 7.78. The minimum absolute atomic E-state index is 0.0678. The summed E-state index contributed by atoms with van der Waals surface area (Å²) in [6.07, 6.45) is 0.271. The van der Waals surface area contributed by atoms with Gasteiger partial charge < -0.3 is 19.7 Å². The van der Waals surface area contributed by atoms with Crippen molar-refractivity contribution in [2.45, 2.75) is 91.3 Å². The van der Waals surface area contributed by atoms with E-state index in [0.717, 1.165) is 22.3 Å². The van der Waals surface area contributed by atoms with E-state index in [0.29, 0.717) is 56.0 Å². The van der Waals surface area contributed by atoms with Gasteiger partial charge in [0.05, 0.1) is 9.85 Å². The molecule has 0 saturated carbocycles. The molecule has 10 nitrogen and oxygen atoms in total. The van der Waals surface area contributed by atoms with Crippen molar-refractivity contribution >= 4 is 11.4 Å². The van der Waals surface area contributed by atoms with E-state index in [2.05, 4.69) is 41.5 Å². The van der Waals surface area contributed by atoms with Crippen molar-refractivity contribution in [2.75, 3.05) is 0 Å². The topological polar surface area (TPSA) is 145 Å². The summed E-state index contributed by atoms with van der Waals surface area (Å²) in [6, 6.07) is 32.9. The largest absolute Gasteiger partial charge is 0.507 e. The van der Waals surface area contributed by atoms with E-state index < -0.39 is 9.85 Å². The fourth-order valence-electron chi connectivity index (χ4n) is 7.78. The number of non-ortho nitro benzene ring substituents is 2.